The molecule has 0 aliphatic heterocycles. The average Bonchev–Trinajstić information content (AvgIpc) is 2.54. The zero-order chi connectivity index (χ0) is 16.1. The molecule has 1 aliphatic carbocycles. The predicted molar refractivity (Wildman–Crippen MR) is 90.4 cm³/mol. The SMILES string of the molecule is CC(C(=O)NC1CCCC(N(C)C)C1)C(N)c1ccccc1. The van der Waals surface area contributed by atoms with Gasteiger partial charge in [-0.1, -0.05) is 37.3 Å². The molecule has 0 spiro atoms. The highest BCUT2D eigenvalue weighted by molar-refractivity contribution is 5.79. The highest BCUT2D eigenvalue weighted by atomic mass is 16.2. The molecule has 2 rings (SSSR count). The normalized spacial score (nSPS) is 24.8. The molecule has 1 aromatic carbocycles. The van der Waals surface area contributed by atoms with Crippen LogP contribution in [0.2, 0.25) is 0 Å². The summed E-state index contributed by atoms with van der Waals surface area (Å²) in [6.07, 6.45) is 4.50. The summed E-state index contributed by atoms with van der Waals surface area (Å²) in [6.45, 7) is 1.92. The van der Waals surface area contributed by atoms with Gasteiger partial charge in [-0.25, -0.2) is 0 Å². The van der Waals surface area contributed by atoms with Gasteiger partial charge in [0.25, 0.3) is 0 Å². The third-order valence-corrected chi connectivity index (χ3v) is 4.86. The summed E-state index contributed by atoms with van der Waals surface area (Å²) in [6, 6.07) is 10.4. The fourth-order valence-corrected chi connectivity index (χ4v) is 3.22. The monoisotopic (exact) mass is 303 g/mol. The largest absolute Gasteiger partial charge is 0.353 e. The molecule has 4 nitrogen and oxygen atoms in total. The molecule has 4 atom stereocenters. The van der Waals surface area contributed by atoms with Crippen molar-refractivity contribution in [2.75, 3.05) is 14.1 Å². The Kier molecular flexibility index (Phi) is 5.98. The quantitative estimate of drug-likeness (QED) is 0.877. The van der Waals surface area contributed by atoms with Crippen molar-refractivity contribution >= 4 is 5.91 Å². The first-order valence-corrected chi connectivity index (χ1v) is 8.26. The third kappa shape index (κ3) is 4.31. The molecular formula is C18H29N3O. The highest BCUT2D eigenvalue weighted by Gasteiger charge is 2.28. The van der Waals surface area contributed by atoms with Crippen LogP contribution in [0.5, 0.6) is 0 Å². The van der Waals surface area contributed by atoms with Crippen molar-refractivity contribution in [1.29, 1.82) is 0 Å². The first-order valence-electron chi connectivity index (χ1n) is 8.26. The Labute approximate surface area is 134 Å². The first-order chi connectivity index (χ1) is 10.5. The molecule has 0 bridgehead atoms. The number of carbonyl (C=O) groups is 1. The molecule has 1 fully saturated rings. The Bertz CT molecular complexity index is 474. The van der Waals surface area contributed by atoms with Gasteiger partial charge in [-0.15, -0.1) is 0 Å². The molecule has 1 aliphatic rings. The minimum absolute atomic E-state index is 0.0701. The summed E-state index contributed by atoms with van der Waals surface area (Å²) in [7, 11) is 4.23. The Morgan fingerprint density at radius 2 is 1.95 bits per heavy atom. The minimum Gasteiger partial charge on any atom is -0.353 e. The van der Waals surface area contributed by atoms with Crippen LogP contribution in [0.15, 0.2) is 30.3 Å². The fourth-order valence-electron chi connectivity index (χ4n) is 3.22. The molecule has 22 heavy (non-hydrogen) atoms. The van der Waals surface area contributed by atoms with E-state index in [4.69, 9.17) is 5.73 Å². The van der Waals surface area contributed by atoms with Crippen molar-refractivity contribution < 1.29 is 4.79 Å². The molecule has 0 radical (unpaired) electrons. The number of benzene rings is 1. The molecule has 1 amide bonds. The summed E-state index contributed by atoms with van der Waals surface area (Å²) in [4.78, 5) is 14.8. The Hall–Kier alpha value is -1.39. The topological polar surface area (TPSA) is 58.4 Å². The molecule has 1 saturated carbocycles. The Morgan fingerprint density at radius 1 is 1.27 bits per heavy atom. The molecule has 4 unspecified atom stereocenters. The van der Waals surface area contributed by atoms with E-state index >= 15 is 0 Å². The molecule has 4 heteroatoms. The summed E-state index contributed by atoms with van der Waals surface area (Å²) in [5.41, 5.74) is 7.26. The summed E-state index contributed by atoms with van der Waals surface area (Å²) in [5.74, 6) is -0.150. The van der Waals surface area contributed by atoms with Gasteiger partial charge in [0.1, 0.15) is 0 Å². The number of nitrogens with two attached hydrogens (primary N) is 1. The predicted octanol–water partition coefficient (Wildman–Crippen LogP) is 2.31. The minimum atomic E-state index is -0.255. The van der Waals surface area contributed by atoms with Crippen LogP contribution < -0.4 is 11.1 Å². The van der Waals surface area contributed by atoms with Crippen LogP contribution in [-0.4, -0.2) is 37.0 Å². The first kappa shape index (κ1) is 17.0. The number of nitrogens with one attached hydrogen (secondary N) is 1. The highest BCUT2D eigenvalue weighted by Crippen LogP contribution is 2.23. The van der Waals surface area contributed by atoms with Crippen LogP contribution in [0.4, 0.5) is 0 Å². The van der Waals surface area contributed by atoms with Gasteiger partial charge in [-0.2, -0.15) is 0 Å². The van der Waals surface area contributed by atoms with Crippen LogP contribution >= 0.6 is 0 Å². The maximum atomic E-state index is 12.5. The van der Waals surface area contributed by atoms with E-state index in [0.717, 1.165) is 18.4 Å². The average molecular weight is 303 g/mol. The fraction of sp³-hybridized carbons (Fsp3) is 0.611. The summed E-state index contributed by atoms with van der Waals surface area (Å²) in [5, 5.41) is 3.21. The van der Waals surface area contributed by atoms with Gasteiger partial charge in [-0.05, 0) is 45.3 Å². The number of hydrogen-bond acceptors (Lipinski definition) is 3. The number of carbonyl (C=O) groups excluding carboxylic acids is 1. The van der Waals surface area contributed by atoms with Crippen molar-refractivity contribution in [3.63, 3.8) is 0 Å². The van der Waals surface area contributed by atoms with Crippen LogP contribution in [0.1, 0.15) is 44.2 Å². The maximum absolute atomic E-state index is 12.5. The summed E-state index contributed by atoms with van der Waals surface area (Å²) >= 11 is 0. The summed E-state index contributed by atoms with van der Waals surface area (Å²) < 4.78 is 0. The molecule has 0 aromatic heterocycles. The number of amides is 1. The third-order valence-electron chi connectivity index (χ3n) is 4.86. The second kappa shape index (κ2) is 7.75. The number of nitrogens with zero attached hydrogens (tertiary/aromatic N) is 1. The van der Waals surface area contributed by atoms with Gasteiger partial charge in [0.2, 0.25) is 5.91 Å². The van der Waals surface area contributed by atoms with E-state index in [-0.39, 0.29) is 23.9 Å². The lowest BCUT2D eigenvalue weighted by Gasteiger charge is -2.34. The lowest BCUT2D eigenvalue weighted by Crippen LogP contribution is -2.46. The van der Waals surface area contributed by atoms with Crippen molar-refractivity contribution in [2.24, 2.45) is 11.7 Å². The van der Waals surface area contributed by atoms with Crippen LogP contribution in [0.3, 0.4) is 0 Å². The number of hydrogen-bond donors (Lipinski definition) is 2. The molecule has 0 saturated heterocycles. The van der Waals surface area contributed by atoms with E-state index in [0.29, 0.717) is 6.04 Å². The smallest absolute Gasteiger partial charge is 0.224 e. The Morgan fingerprint density at radius 3 is 2.59 bits per heavy atom. The molecule has 122 valence electrons. The van der Waals surface area contributed by atoms with Crippen molar-refractivity contribution in [3.05, 3.63) is 35.9 Å². The maximum Gasteiger partial charge on any atom is 0.224 e. The van der Waals surface area contributed by atoms with E-state index in [1.165, 1.54) is 12.8 Å². The van der Waals surface area contributed by atoms with Gasteiger partial charge in [-0.3, -0.25) is 4.79 Å². The molecule has 3 N–H and O–H groups in total. The lowest BCUT2D eigenvalue weighted by molar-refractivity contribution is -0.126. The molecule has 1 aromatic rings. The second-order valence-electron chi connectivity index (χ2n) is 6.71. The van der Waals surface area contributed by atoms with E-state index in [2.05, 4.69) is 24.3 Å². The lowest BCUT2D eigenvalue weighted by atomic mass is 9.89. The molecule has 0 heterocycles. The van der Waals surface area contributed by atoms with Gasteiger partial charge in [0, 0.05) is 18.1 Å². The van der Waals surface area contributed by atoms with Gasteiger partial charge in [0.05, 0.1) is 5.92 Å². The molecular weight excluding hydrogens is 274 g/mol. The van der Waals surface area contributed by atoms with Crippen LogP contribution in [-0.2, 0) is 4.79 Å². The van der Waals surface area contributed by atoms with Gasteiger partial charge >= 0.3 is 0 Å². The second-order valence-corrected chi connectivity index (χ2v) is 6.71. The van der Waals surface area contributed by atoms with Crippen molar-refractivity contribution in [1.82, 2.24) is 10.2 Å². The van der Waals surface area contributed by atoms with E-state index in [1.807, 2.05) is 37.3 Å². The van der Waals surface area contributed by atoms with Crippen LogP contribution in [0, 0.1) is 5.92 Å². The van der Waals surface area contributed by atoms with Gasteiger partial charge in [0.15, 0.2) is 0 Å². The van der Waals surface area contributed by atoms with E-state index in [9.17, 15) is 4.79 Å². The van der Waals surface area contributed by atoms with Crippen molar-refractivity contribution in [2.45, 2.75) is 50.7 Å². The van der Waals surface area contributed by atoms with E-state index in [1.54, 1.807) is 0 Å². The Balaban J connectivity index is 1.91. The van der Waals surface area contributed by atoms with Crippen molar-refractivity contribution in [3.8, 4) is 0 Å². The zero-order valence-corrected chi connectivity index (χ0v) is 14.0. The number of rotatable bonds is 5. The van der Waals surface area contributed by atoms with E-state index < -0.39 is 0 Å². The van der Waals surface area contributed by atoms with Crippen LogP contribution in [0.25, 0.3) is 0 Å². The zero-order valence-electron chi connectivity index (χ0n) is 14.0. The standard InChI is InChI=1S/C18H29N3O/c1-13(17(19)14-8-5-4-6-9-14)18(22)20-15-10-7-11-16(12-15)21(2)3/h4-6,8-9,13,15-17H,7,10-12,19H2,1-3H3,(H,20,22). The van der Waals surface area contributed by atoms with Gasteiger partial charge < -0.3 is 16.0 Å².